The third-order valence-corrected chi connectivity index (χ3v) is 5.12. The van der Waals surface area contributed by atoms with E-state index >= 15 is 0 Å². The maximum atomic E-state index is 14.7. The van der Waals surface area contributed by atoms with E-state index in [1.165, 1.54) is 11.0 Å². The van der Waals surface area contributed by atoms with Gasteiger partial charge >= 0.3 is 12.2 Å². The van der Waals surface area contributed by atoms with E-state index in [0.29, 0.717) is 30.9 Å². The van der Waals surface area contributed by atoms with Gasteiger partial charge in [-0.2, -0.15) is 5.26 Å². The van der Waals surface area contributed by atoms with Gasteiger partial charge in [0.2, 0.25) is 0 Å². The molecular weight excluding hydrogens is 379 g/mol. The first-order valence-electron chi connectivity index (χ1n) is 9.47. The number of hydrogen-bond acceptors (Lipinski definition) is 5. The van der Waals surface area contributed by atoms with Gasteiger partial charge in [-0.05, 0) is 38.0 Å². The van der Waals surface area contributed by atoms with E-state index in [2.05, 4.69) is 5.32 Å². The summed E-state index contributed by atoms with van der Waals surface area (Å²) in [6.07, 6.45) is 1.15. The lowest BCUT2D eigenvalue weighted by Gasteiger charge is -2.30. The fourth-order valence-corrected chi connectivity index (χ4v) is 3.71. The van der Waals surface area contributed by atoms with Gasteiger partial charge in [0.1, 0.15) is 11.9 Å². The molecule has 0 bridgehead atoms. The number of carbonyl (C=O) groups excluding carboxylic acids is 1. The zero-order valence-corrected chi connectivity index (χ0v) is 16.1. The molecule has 2 saturated heterocycles. The number of halogens is 1. The number of piperidine rings is 1. The molecule has 2 unspecified atom stereocenters. The van der Waals surface area contributed by atoms with Crippen LogP contribution in [0.5, 0.6) is 0 Å². The van der Waals surface area contributed by atoms with Gasteiger partial charge in [-0.3, -0.25) is 4.90 Å². The first-order valence-corrected chi connectivity index (χ1v) is 9.47. The van der Waals surface area contributed by atoms with Crippen LogP contribution in [0, 0.1) is 17.1 Å². The molecule has 9 heteroatoms. The number of carboxylic acid groups (broad SMARTS) is 1. The van der Waals surface area contributed by atoms with Crippen molar-refractivity contribution in [1.29, 1.82) is 5.26 Å². The topological polar surface area (TPSA) is 106 Å². The highest BCUT2D eigenvalue weighted by Crippen LogP contribution is 2.30. The number of anilines is 2. The highest BCUT2D eigenvalue weighted by molar-refractivity contribution is 5.90. The van der Waals surface area contributed by atoms with E-state index in [-0.39, 0.29) is 12.6 Å². The van der Waals surface area contributed by atoms with Gasteiger partial charge in [-0.25, -0.2) is 14.0 Å². The summed E-state index contributed by atoms with van der Waals surface area (Å²) < 4.78 is 20.0. The van der Waals surface area contributed by atoms with Crippen LogP contribution in [0.2, 0.25) is 0 Å². The first-order chi connectivity index (χ1) is 13.9. The van der Waals surface area contributed by atoms with Crippen LogP contribution in [0.3, 0.4) is 0 Å². The van der Waals surface area contributed by atoms with Crippen molar-refractivity contribution in [2.75, 3.05) is 29.4 Å². The molecule has 3 rings (SSSR count). The molecule has 29 heavy (non-hydrogen) atoms. The first kappa shape index (κ1) is 20.5. The molecule has 0 aromatic heterocycles. The maximum absolute atomic E-state index is 14.7. The van der Waals surface area contributed by atoms with Crippen LogP contribution in [0.4, 0.5) is 25.4 Å². The van der Waals surface area contributed by atoms with Crippen LogP contribution in [-0.4, -0.2) is 49.1 Å². The molecule has 2 atom stereocenters. The predicted octanol–water partition coefficient (Wildman–Crippen LogP) is 3.25. The second kappa shape index (κ2) is 8.82. The Kier molecular flexibility index (Phi) is 6.22. The number of nitrogens with zero attached hydrogens (tertiary/aromatic N) is 3. The molecule has 8 nitrogen and oxygen atoms in total. The van der Waals surface area contributed by atoms with Crippen molar-refractivity contribution >= 4 is 23.6 Å². The molecule has 1 aromatic rings. The van der Waals surface area contributed by atoms with Gasteiger partial charge in [0.25, 0.3) is 0 Å². The lowest BCUT2D eigenvalue weighted by atomic mass is 10.0. The average Bonchev–Trinajstić information content (AvgIpc) is 3.02. The van der Waals surface area contributed by atoms with E-state index in [1.54, 1.807) is 25.1 Å². The summed E-state index contributed by atoms with van der Waals surface area (Å²) in [5.41, 5.74) is 1.94. The van der Waals surface area contributed by atoms with E-state index in [9.17, 15) is 14.0 Å². The summed E-state index contributed by atoms with van der Waals surface area (Å²) in [5.74, 6) is -0.424. The van der Waals surface area contributed by atoms with Crippen LogP contribution in [0.1, 0.15) is 26.2 Å². The Morgan fingerprint density at radius 2 is 2.21 bits per heavy atom. The van der Waals surface area contributed by atoms with Gasteiger partial charge in [-0.15, -0.1) is 0 Å². The number of nitrogens with one attached hydrogen (secondary N) is 1. The Morgan fingerprint density at radius 1 is 1.48 bits per heavy atom. The van der Waals surface area contributed by atoms with Crippen LogP contribution < -0.4 is 15.1 Å². The summed E-state index contributed by atoms with van der Waals surface area (Å²) in [5, 5.41) is 19.8. The third-order valence-electron chi connectivity index (χ3n) is 5.12. The molecule has 0 saturated carbocycles. The van der Waals surface area contributed by atoms with Crippen molar-refractivity contribution in [2.24, 2.45) is 0 Å². The number of carbonyl (C=O) groups is 2. The molecular formula is C20H23FN4O4. The monoisotopic (exact) mass is 402 g/mol. The summed E-state index contributed by atoms with van der Waals surface area (Å²) in [4.78, 5) is 26.2. The van der Waals surface area contributed by atoms with E-state index in [1.807, 2.05) is 11.0 Å². The van der Waals surface area contributed by atoms with Gasteiger partial charge in [0.15, 0.2) is 0 Å². The van der Waals surface area contributed by atoms with Gasteiger partial charge in [0.05, 0.1) is 24.0 Å². The predicted molar refractivity (Wildman–Crippen MR) is 104 cm³/mol. The molecule has 2 N–H and O–H groups in total. The molecule has 2 aliphatic rings. The van der Waals surface area contributed by atoms with Crippen LogP contribution in [0.25, 0.3) is 0 Å². The lowest BCUT2D eigenvalue weighted by Crippen LogP contribution is -2.35. The van der Waals surface area contributed by atoms with Crippen molar-refractivity contribution in [3.8, 4) is 6.07 Å². The number of rotatable bonds is 5. The van der Waals surface area contributed by atoms with Crippen molar-refractivity contribution in [3.05, 3.63) is 35.7 Å². The SMILES string of the molecule is CC(CC1CN(c2ccc(N3CCC(=CC#N)CC3)c(F)c2)C(=O)O1)NC(=O)O. The highest BCUT2D eigenvalue weighted by Gasteiger charge is 2.34. The molecule has 0 spiro atoms. The quantitative estimate of drug-likeness (QED) is 0.733. The largest absolute Gasteiger partial charge is 0.465 e. The van der Waals surface area contributed by atoms with Crippen molar-refractivity contribution in [2.45, 2.75) is 38.3 Å². The fraction of sp³-hybridized carbons (Fsp3) is 0.450. The molecule has 1 aromatic carbocycles. The molecule has 0 aliphatic carbocycles. The number of nitriles is 1. The Hall–Kier alpha value is -3.28. The summed E-state index contributed by atoms with van der Waals surface area (Å²) >= 11 is 0. The number of hydrogen-bond donors (Lipinski definition) is 2. The second-order valence-electron chi connectivity index (χ2n) is 7.26. The molecule has 2 amide bonds. The van der Waals surface area contributed by atoms with Crippen molar-refractivity contribution < 1.29 is 23.8 Å². The summed E-state index contributed by atoms with van der Waals surface area (Å²) in [7, 11) is 0. The smallest absolute Gasteiger partial charge is 0.414 e. The number of benzene rings is 1. The summed E-state index contributed by atoms with van der Waals surface area (Å²) in [6, 6.07) is 6.31. The lowest BCUT2D eigenvalue weighted by molar-refractivity contribution is 0.130. The Labute approximate surface area is 168 Å². The number of cyclic esters (lactones) is 1. The van der Waals surface area contributed by atoms with E-state index in [4.69, 9.17) is 15.1 Å². The zero-order valence-electron chi connectivity index (χ0n) is 16.1. The molecule has 2 heterocycles. The maximum Gasteiger partial charge on any atom is 0.414 e. The number of ether oxygens (including phenoxy) is 1. The molecule has 2 fully saturated rings. The Morgan fingerprint density at radius 3 is 2.83 bits per heavy atom. The van der Waals surface area contributed by atoms with Gasteiger partial charge < -0.3 is 20.1 Å². The van der Waals surface area contributed by atoms with Crippen LogP contribution in [-0.2, 0) is 4.74 Å². The van der Waals surface area contributed by atoms with Gasteiger partial charge in [-0.1, -0.05) is 5.57 Å². The minimum atomic E-state index is -1.13. The van der Waals surface area contributed by atoms with Crippen LogP contribution >= 0.6 is 0 Å². The molecule has 0 radical (unpaired) electrons. The highest BCUT2D eigenvalue weighted by atomic mass is 19.1. The normalized spacial score (nSPS) is 20.1. The third kappa shape index (κ3) is 4.96. The molecule has 154 valence electrons. The average molecular weight is 402 g/mol. The van der Waals surface area contributed by atoms with Crippen molar-refractivity contribution in [3.63, 3.8) is 0 Å². The minimum Gasteiger partial charge on any atom is -0.465 e. The van der Waals surface area contributed by atoms with E-state index in [0.717, 1.165) is 18.4 Å². The van der Waals surface area contributed by atoms with Crippen molar-refractivity contribution in [1.82, 2.24) is 5.32 Å². The standard InChI is InChI=1S/C20H23FN4O4/c1-13(23-19(26)27)10-16-12-25(20(28)29-16)15-2-3-18(17(21)11-15)24-8-5-14(4-7-22)6-9-24/h2-4,11,13,16,23H,5-6,8-10,12H2,1H3,(H,26,27). The number of allylic oxidation sites excluding steroid dienone is 1. The number of amides is 2. The second-order valence-corrected chi connectivity index (χ2v) is 7.26. The molecule has 2 aliphatic heterocycles. The Bertz CT molecular complexity index is 857. The summed E-state index contributed by atoms with van der Waals surface area (Å²) in [6.45, 7) is 3.18. The fourth-order valence-electron chi connectivity index (χ4n) is 3.71. The minimum absolute atomic E-state index is 0.231. The Balaban J connectivity index is 1.64. The zero-order chi connectivity index (χ0) is 21.0. The van der Waals surface area contributed by atoms with Gasteiger partial charge in [0, 0.05) is 31.6 Å². The van der Waals surface area contributed by atoms with E-state index < -0.39 is 24.1 Å². The van der Waals surface area contributed by atoms with Crippen LogP contribution in [0.15, 0.2) is 29.8 Å².